The molecule has 6 rings (SSSR count). The van der Waals surface area contributed by atoms with Crippen molar-refractivity contribution in [3.63, 3.8) is 0 Å². The zero-order valence-corrected chi connectivity index (χ0v) is 20.5. The van der Waals surface area contributed by atoms with Gasteiger partial charge in [0.1, 0.15) is 5.82 Å². The van der Waals surface area contributed by atoms with Gasteiger partial charge in [-0.15, -0.1) is 0 Å². The number of halogens is 1. The molecule has 0 spiro atoms. The van der Waals surface area contributed by atoms with Crippen LogP contribution >= 0.6 is 0 Å². The Bertz CT molecular complexity index is 1270. The van der Waals surface area contributed by atoms with E-state index in [0.717, 1.165) is 43.4 Å². The van der Waals surface area contributed by atoms with Crippen molar-refractivity contribution in [2.45, 2.75) is 63.1 Å². The number of pyridine rings is 2. The zero-order chi connectivity index (χ0) is 24.8. The summed E-state index contributed by atoms with van der Waals surface area (Å²) >= 11 is 0. The normalized spacial score (nSPS) is 27.9. The Hall–Kier alpha value is -3.10. The molecule has 8 heteroatoms. The fraction of sp³-hybridized carbons (Fsp3) is 0.464. The van der Waals surface area contributed by atoms with Crippen molar-refractivity contribution in [1.29, 1.82) is 0 Å². The molecule has 2 bridgehead atoms. The molecular formula is C28H32FN5O2. The third-order valence-electron chi connectivity index (χ3n) is 8.09. The van der Waals surface area contributed by atoms with Crippen molar-refractivity contribution in [3.8, 4) is 0 Å². The summed E-state index contributed by atoms with van der Waals surface area (Å²) in [6, 6.07) is 7.38. The Balaban J connectivity index is 1.30. The van der Waals surface area contributed by atoms with Gasteiger partial charge in [0.15, 0.2) is 0 Å². The lowest BCUT2D eigenvalue weighted by Gasteiger charge is -2.36. The highest BCUT2D eigenvalue weighted by Crippen LogP contribution is 2.39. The maximum Gasteiger partial charge on any atom is 0.257 e. The van der Waals surface area contributed by atoms with E-state index in [1.165, 1.54) is 12.1 Å². The van der Waals surface area contributed by atoms with Gasteiger partial charge in [0.25, 0.3) is 5.91 Å². The molecule has 3 aliphatic rings. The van der Waals surface area contributed by atoms with Gasteiger partial charge in [-0.05, 0) is 73.8 Å². The third-order valence-corrected chi connectivity index (χ3v) is 8.09. The second-order valence-electron chi connectivity index (χ2n) is 10.7. The van der Waals surface area contributed by atoms with Crippen molar-refractivity contribution in [2.24, 2.45) is 11.7 Å². The monoisotopic (exact) mass is 489 g/mol. The van der Waals surface area contributed by atoms with Crippen LogP contribution in [0.25, 0.3) is 10.9 Å². The molecule has 1 saturated carbocycles. The number of nitrogens with zero attached hydrogens (tertiary/aromatic N) is 3. The Morgan fingerprint density at radius 3 is 2.72 bits per heavy atom. The standard InChI is InChI=1S/C28H32FN5O2/c1-16-8-17(10-18(30)9-16)22-6-7-31-13-26(22)33-28(35)23-4-5-25(29)24-11-21(12-32-27(23)24)34-19-2-3-20(34)15-36-14-19/h4-7,11-13,16-20H,2-3,8-10,14-15,30H2,1H3,(H,33,35)/t16-,17+,18-,19?,20?/m0/s1. The summed E-state index contributed by atoms with van der Waals surface area (Å²) in [7, 11) is 0. The molecule has 2 aliphatic heterocycles. The van der Waals surface area contributed by atoms with Crippen LogP contribution in [-0.4, -0.2) is 47.2 Å². The Morgan fingerprint density at radius 2 is 1.94 bits per heavy atom. The summed E-state index contributed by atoms with van der Waals surface area (Å²) in [5.74, 6) is 0.0750. The molecule has 36 heavy (non-hydrogen) atoms. The van der Waals surface area contributed by atoms with E-state index in [0.29, 0.717) is 41.3 Å². The smallest absolute Gasteiger partial charge is 0.257 e. The molecule has 7 nitrogen and oxygen atoms in total. The lowest BCUT2D eigenvalue weighted by Crippen LogP contribution is -2.46. The molecule has 5 atom stereocenters. The Morgan fingerprint density at radius 1 is 1.14 bits per heavy atom. The Labute approximate surface area is 210 Å². The second-order valence-corrected chi connectivity index (χ2v) is 10.7. The number of ether oxygens (including phenoxy) is 1. The van der Waals surface area contributed by atoms with Crippen LogP contribution in [0.5, 0.6) is 0 Å². The lowest BCUT2D eigenvalue weighted by atomic mass is 9.76. The maximum atomic E-state index is 15.0. The van der Waals surface area contributed by atoms with Crippen LogP contribution in [0.1, 0.15) is 60.9 Å². The van der Waals surface area contributed by atoms with E-state index in [4.69, 9.17) is 10.5 Å². The number of fused-ring (bicyclic) bond motifs is 3. The van der Waals surface area contributed by atoms with Crippen LogP contribution in [0.2, 0.25) is 0 Å². The molecular weight excluding hydrogens is 457 g/mol. The first-order valence-corrected chi connectivity index (χ1v) is 12.9. The van der Waals surface area contributed by atoms with Gasteiger partial charge in [0.2, 0.25) is 0 Å². The van der Waals surface area contributed by atoms with Crippen LogP contribution in [-0.2, 0) is 4.74 Å². The van der Waals surface area contributed by atoms with Gasteiger partial charge in [-0.3, -0.25) is 14.8 Å². The highest BCUT2D eigenvalue weighted by Gasteiger charge is 2.37. The minimum absolute atomic E-state index is 0.150. The van der Waals surface area contributed by atoms with Crippen LogP contribution in [0.3, 0.4) is 0 Å². The first-order valence-electron chi connectivity index (χ1n) is 12.9. The van der Waals surface area contributed by atoms with E-state index in [-0.39, 0.29) is 35.8 Å². The van der Waals surface area contributed by atoms with Crippen LogP contribution in [0.4, 0.5) is 15.8 Å². The topological polar surface area (TPSA) is 93.4 Å². The number of carbonyl (C=O) groups excluding carboxylic acids is 1. The van der Waals surface area contributed by atoms with E-state index >= 15 is 0 Å². The van der Waals surface area contributed by atoms with Gasteiger partial charge in [-0.25, -0.2) is 4.39 Å². The second kappa shape index (κ2) is 9.41. The lowest BCUT2D eigenvalue weighted by molar-refractivity contribution is 0.0906. The Kier molecular flexibility index (Phi) is 6.09. The maximum absolute atomic E-state index is 15.0. The number of benzene rings is 1. The first-order chi connectivity index (χ1) is 17.5. The predicted octanol–water partition coefficient (Wildman–Crippen LogP) is 4.62. The molecule has 188 valence electrons. The SMILES string of the molecule is C[C@@H]1C[C@H](N)C[C@H](c2ccncc2NC(=O)c2ccc(F)c3cc(N4C5CCC4COC5)cnc23)C1. The quantitative estimate of drug-likeness (QED) is 0.556. The van der Waals surface area contributed by atoms with Gasteiger partial charge in [-0.1, -0.05) is 6.92 Å². The van der Waals surface area contributed by atoms with Crippen molar-refractivity contribution in [1.82, 2.24) is 9.97 Å². The highest BCUT2D eigenvalue weighted by atomic mass is 19.1. The third kappa shape index (κ3) is 4.22. The number of aromatic nitrogens is 2. The number of anilines is 2. The van der Waals surface area contributed by atoms with Gasteiger partial charge in [0.05, 0.1) is 60.1 Å². The minimum atomic E-state index is -0.385. The number of carbonyl (C=O) groups is 1. The van der Waals surface area contributed by atoms with E-state index in [9.17, 15) is 9.18 Å². The predicted molar refractivity (Wildman–Crippen MR) is 138 cm³/mol. The van der Waals surface area contributed by atoms with E-state index in [2.05, 4.69) is 27.1 Å². The van der Waals surface area contributed by atoms with Crippen LogP contribution in [0, 0.1) is 11.7 Å². The zero-order valence-electron chi connectivity index (χ0n) is 20.5. The van der Waals surface area contributed by atoms with Crippen LogP contribution < -0.4 is 16.0 Å². The molecule has 4 heterocycles. The molecule has 2 saturated heterocycles. The largest absolute Gasteiger partial charge is 0.377 e. The van der Waals surface area contributed by atoms with Gasteiger partial charge in [-0.2, -0.15) is 0 Å². The van der Waals surface area contributed by atoms with Gasteiger partial charge in [0, 0.05) is 17.6 Å². The fourth-order valence-corrected chi connectivity index (χ4v) is 6.52. The molecule has 1 aromatic carbocycles. The average Bonchev–Trinajstić information content (AvgIpc) is 3.11. The van der Waals surface area contributed by atoms with E-state index < -0.39 is 0 Å². The van der Waals surface area contributed by atoms with Crippen molar-refractivity contribution < 1.29 is 13.9 Å². The molecule has 1 aliphatic carbocycles. The number of nitrogens with one attached hydrogen (secondary N) is 1. The fourth-order valence-electron chi connectivity index (χ4n) is 6.52. The number of hydrogen-bond acceptors (Lipinski definition) is 6. The molecule has 3 N–H and O–H groups in total. The molecule has 2 unspecified atom stereocenters. The number of nitrogens with two attached hydrogens (primary N) is 1. The van der Waals surface area contributed by atoms with E-state index in [1.807, 2.05) is 12.1 Å². The summed E-state index contributed by atoms with van der Waals surface area (Å²) < 4.78 is 20.6. The molecule has 3 fully saturated rings. The number of morpholine rings is 1. The molecule has 0 radical (unpaired) electrons. The highest BCUT2D eigenvalue weighted by molar-refractivity contribution is 6.12. The summed E-state index contributed by atoms with van der Waals surface area (Å²) in [5.41, 5.74) is 9.60. The van der Waals surface area contributed by atoms with Gasteiger partial charge >= 0.3 is 0 Å². The number of rotatable bonds is 4. The van der Waals surface area contributed by atoms with Crippen molar-refractivity contribution in [3.05, 3.63) is 59.8 Å². The number of amides is 1. The van der Waals surface area contributed by atoms with Crippen molar-refractivity contribution >= 4 is 28.2 Å². The summed E-state index contributed by atoms with van der Waals surface area (Å²) in [4.78, 5) is 24.6. The van der Waals surface area contributed by atoms with Crippen molar-refractivity contribution in [2.75, 3.05) is 23.4 Å². The number of hydrogen-bond donors (Lipinski definition) is 2. The molecule has 1 amide bonds. The van der Waals surface area contributed by atoms with Gasteiger partial charge < -0.3 is 20.7 Å². The summed E-state index contributed by atoms with van der Waals surface area (Å²) in [6.45, 7) is 3.58. The van der Waals surface area contributed by atoms with Crippen LogP contribution in [0.15, 0.2) is 42.9 Å². The summed E-state index contributed by atoms with van der Waals surface area (Å²) in [5, 5.41) is 3.39. The summed E-state index contributed by atoms with van der Waals surface area (Å²) in [6.07, 6.45) is 10.2. The average molecular weight is 490 g/mol. The first kappa shape index (κ1) is 23.3. The van der Waals surface area contributed by atoms with E-state index in [1.54, 1.807) is 18.6 Å². The minimum Gasteiger partial charge on any atom is -0.377 e. The molecule has 2 aromatic heterocycles. The molecule has 3 aromatic rings.